The van der Waals surface area contributed by atoms with E-state index >= 15 is 0 Å². The Bertz CT molecular complexity index is 465. The van der Waals surface area contributed by atoms with E-state index in [1.54, 1.807) is 25.2 Å². The van der Waals surface area contributed by atoms with Crippen molar-refractivity contribution in [2.45, 2.75) is 19.4 Å². The van der Waals surface area contributed by atoms with Crippen molar-refractivity contribution in [3.05, 3.63) is 35.6 Å². The lowest BCUT2D eigenvalue weighted by molar-refractivity contribution is -0.137. The van der Waals surface area contributed by atoms with Crippen molar-refractivity contribution in [2.24, 2.45) is 0 Å². The second-order valence-corrected chi connectivity index (χ2v) is 4.52. The van der Waals surface area contributed by atoms with Crippen LogP contribution < -0.4 is 5.32 Å². The highest BCUT2D eigenvalue weighted by Crippen LogP contribution is 2.08. The lowest BCUT2D eigenvalue weighted by Gasteiger charge is -2.18. The Kier molecular flexibility index (Phi) is 6.66. The number of amides is 1. The van der Waals surface area contributed by atoms with Gasteiger partial charge in [-0.2, -0.15) is 0 Å². The molecule has 0 spiro atoms. The van der Waals surface area contributed by atoms with Gasteiger partial charge in [-0.05, 0) is 19.0 Å². The minimum Gasteiger partial charge on any atom is -0.481 e. The van der Waals surface area contributed by atoms with E-state index in [0.717, 1.165) is 0 Å². The molecule has 1 aromatic carbocycles. The maximum absolute atomic E-state index is 13.4. The number of benzene rings is 1. The third kappa shape index (κ3) is 5.79. The Labute approximate surface area is 117 Å². The maximum atomic E-state index is 13.4. The van der Waals surface area contributed by atoms with E-state index in [1.807, 2.05) is 0 Å². The van der Waals surface area contributed by atoms with Crippen molar-refractivity contribution in [3.8, 4) is 0 Å². The Morgan fingerprint density at radius 2 is 2.05 bits per heavy atom. The Morgan fingerprint density at radius 1 is 1.35 bits per heavy atom. The molecule has 0 aliphatic carbocycles. The van der Waals surface area contributed by atoms with Gasteiger partial charge in [-0.1, -0.05) is 18.2 Å². The first-order chi connectivity index (χ1) is 9.50. The molecule has 2 N–H and O–H groups in total. The van der Waals surface area contributed by atoms with E-state index in [1.165, 1.54) is 11.0 Å². The average molecular weight is 282 g/mol. The molecule has 1 rings (SSSR count). The molecular formula is C14H19FN2O3. The highest BCUT2D eigenvalue weighted by atomic mass is 19.1. The smallest absolute Gasteiger partial charge is 0.303 e. The van der Waals surface area contributed by atoms with Gasteiger partial charge in [-0.25, -0.2) is 4.39 Å². The normalized spacial score (nSPS) is 10.3. The van der Waals surface area contributed by atoms with E-state index in [9.17, 15) is 14.0 Å². The number of nitrogens with one attached hydrogen (secondary N) is 1. The Morgan fingerprint density at radius 3 is 2.70 bits per heavy atom. The van der Waals surface area contributed by atoms with Crippen LogP contribution in [0.4, 0.5) is 4.39 Å². The number of hydrogen-bond donors (Lipinski definition) is 2. The molecular weight excluding hydrogens is 263 g/mol. The fourth-order valence-corrected chi connectivity index (χ4v) is 1.67. The zero-order valence-electron chi connectivity index (χ0n) is 11.4. The standard InChI is InChI=1S/C14H19FN2O3/c1-17(10-11-5-2-3-6-12(11)15)13(18)9-16-8-4-7-14(19)20/h2-3,5-6,16H,4,7-10H2,1H3,(H,19,20). The molecule has 0 atom stereocenters. The largest absolute Gasteiger partial charge is 0.481 e. The van der Waals surface area contributed by atoms with Crippen LogP contribution in [-0.2, 0) is 16.1 Å². The minimum atomic E-state index is -0.852. The van der Waals surface area contributed by atoms with Gasteiger partial charge in [0.25, 0.3) is 0 Å². The molecule has 0 fully saturated rings. The van der Waals surface area contributed by atoms with E-state index in [-0.39, 0.29) is 31.2 Å². The summed E-state index contributed by atoms with van der Waals surface area (Å²) in [6.45, 7) is 0.790. The molecule has 0 aliphatic heterocycles. The van der Waals surface area contributed by atoms with Crippen LogP contribution in [0.2, 0.25) is 0 Å². The van der Waals surface area contributed by atoms with Crippen molar-refractivity contribution in [3.63, 3.8) is 0 Å². The van der Waals surface area contributed by atoms with Gasteiger partial charge in [-0.15, -0.1) is 0 Å². The molecule has 110 valence electrons. The predicted octanol–water partition coefficient (Wildman–Crippen LogP) is 1.24. The van der Waals surface area contributed by atoms with E-state index < -0.39 is 5.97 Å². The molecule has 6 heteroatoms. The molecule has 0 bridgehead atoms. The molecule has 1 aromatic rings. The van der Waals surface area contributed by atoms with E-state index in [2.05, 4.69) is 5.32 Å². The van der Waals surface area contributed by atoms with Gasteiger partial charge >= 0.3 is 5.97 Å². The molecule has 0 aromatic heterocycles. The van der Waals surface area contributed by atoms with Crippen LogP contribution in [0.25, 0.3) is 0 Å². The summed E-state index contributed by atoms with van der Waals surface area (Å²) < 4.78 is 13.4. The third-order valence-electron chi connectivity index (χ3n) is 2.81. The summed E-state index contributed by atoms with van der Waals surface area (Å²) in [6, 6.07) is 6.32. The number of aliphatic carboxylic acids is 1. The number of nitrogens with zero attached hydrogens (tertiary/aromatic N) is 1. The van der Waals surface area contributed by atoms with Gasteiger partial charge in [0.15, 0.2) is 0 Å². The van der Waals surface area contributed by atoms with Crippen LogP contribution in [0.1, 0.15) is 18.4 Å². The summed E-state index contributed by atoms with van der Waals surface area (Å²) in [4.78, 5) is 23.5. The third-order valence-corrected chi connectivity index (χ3v) is 2.81. The first-order valence-electron chi connectivity index (χ1n) is 6.40. The lowest BCUT2D eigenvalue weighted by Crippen LogP contribution is -2.35. The van der Waals surface area contributed by atoms with Gasteiger partial charge in [0.05, 0.1) is 6.54 Å². The number of carboxylic acid groups (broad SMARTS) is 1. The van der Waals surface area contributed by atoms with E-state index in [4.69, 9.17) is 5.11 Å². The molecule has 0 heterocycles. The molecule has 0 unspecified atom stereocenters. The first kappa shape index (κ1) is 16.1. The molecule has 20 heavy (non-hydrogen) atoms. The highest BCUT2D eigenvalue weighted by molar-refractivity contribution is 5.77. The summed E-state index contributed by atoms with van der Waals surface area (Å²) in [5, 5.41) is 11.3. The second kappa shape index (κ2) is 8.27. The van der Waals surface area contributed by atoms with Gasteiger partial charge < -0.3 is 15.3 Å². The van der Waals surface area contributed by atoms with Crippen LogP contribution in [-0.4, -0.2) is 42.0 Å². The average Bonchev–Trinajstić information content (AvgIpc) is 2.40. The van der Waals surface area contributed by atoms with Crippen molar-refractivity contribution in [1.82, 2.24) is 10.2 Å². The monoisotopic (exact) mass is 282 g/mol. The molecule has 0 aliphatic rings. The molecule has 0 saturated carbocycles. The number of rotatable bonds is 8. The Hall–Kier alpha value is -1.95. The Balaban J connectivity index is 2.29. The second-order valence-electron chi connectivity index (χ2n) is 4.52. The molecule has 5 nitrogen and oxygen atoms in total. The number of carboxylic acids is 1. The summed E-state index contributed by atoms with van der Waals surface area (Å²) in [5.41, 5.74) is 0.467. The van der Waals surface area contributed by atoms with Gasteiger partial charge in [-0.3, -0.25) is 9.59 Å². The van der Waals surface area contributed by atoms with Crippen molar-refractivity contribution in [2.75, 3.05) is 20.1 Å². The first-order valence-corrected chi connectivity index (χ1v) is 6.40. The highest BCUT2D eigenvalue weighted by Gasteiger charge is 2.10. The number of carbonyl (C=O) groups is 2. The zero-order valence-corrected chi connectivity index (χ0v) is 11.4. The maximum Gasteiger partial charge on any atom is 0.303 e. The van der Waals surface area contributed by atoms with Crippen LogP contribution in [0.3, 0.4) is 0 Å². The molecule has 0 saturated heterocycles. The lowest BCUT2D eigenvalue weighted by atomic mass is 10.2. The van der Waals surface area contributed by atoms with Crippen molar-refractivity contribution in [1.29, 1.82) is 0 Å². The summed E-state index contributed by atoms with van der Waals surface area (Å²) in [6.07, 6.45) is 0.548. The predicted molar refractivity (Wildman–Crippen MR) is 72.6 cm³/mol. The van der Waals surface area contributed by atoms with Crippen molar-refractivity contribution >= 4 is 11.9 Å². The number of halogens is 1. The zero-order chi connectivity index (χ0) is 15.0. The fraction of sp³-hybridized carbons (Fsp3) is 0.429. The number of carbonyl (C=O) groups excluding carboxylic acids is 1. The molecule has 0 radical (unpaired) electrons. The SMILES string of the molecule is CN(Cc1ccccc1F)C(=O)CNCCCC(=O)O. The quantitative estimate of drug-likeness (QED) is 0.704. The van der Waals surface area contributed by atoms with Crippen LogP contribution >= 0.6 is 0 Å². The fourth-order valence-electron chi connectivity index (χ4n) is 1.67. The summed E-state index contributed by atoms with van der Waals surface area (Å²) in [7, 11) is 1.60. The van der Waals surface area contributed by atoms with Crippen LogP contribution in [0.15, 0.2) is 24.3 Å². The van der Waals surface area contributed by atoms with E-state index in [0.29, 0.717) is 18.5 Å². The number of likely N-dealkylation sites (N-methyl/N-ethyl adjacent to an activating group) is 1. The summed E-state index contributed by atoms with van der Waals surface area (Å²) >= 11 is 0. The van der Waals surface area contributed by atoms with Gasteiger partial charge in [0.2, 0.25) is 5.91 Å². The topological polar surface area (TPSA) is 69.6 Å². The molecule has 1 amide bonds. The number of hydrogen-bond acceptors (Lipinski definition) is 3. The van der Waals surface area contributed by atoms with Gasteiger partial charge in [0.1, 0.15) is 5.82 Å². The summed E-state index contributed by atoms with van der Waals surface area (Å²) in [5.74, 6) is -1.35. The minimum absolute atomic E-state index is 0.0757. The van der Waals surface area contributed by atoms with Gasteiger partial charge in [0, 0.05) is 25.6 Å². The van der Waals surface area contributed by atoms with Crippen molar-refractivity contribution < 1.29 is 19.1 Å². The van der Waals surface area contributed by atoms with Crippen LogP contribution in [0.5, 0.6) is 0 Å². The van der Waals surface area contributed by atoms with Crippen LogP contribution in [0, 0.1) is 5.82 Å².